The van der Waals surface area contributed by atoms with E-state index >= 15 is 0 Å². The van der Waals surface area contributed by atoms with Crippen LogP contribution in [0.3, 0.4) is 0 Å². The molecule has 0 unspecified atom stereocenters. The van der Waals surface area contributed by atoms with Crippen molar-refractivity contribution in [3.8, 4) is 12.1 Å². The Kier molecular flexibility index (Phi) is 6.05. The molecule has 0 bridgehead atoms. The Balaban J connectivity index is 3.24. The number of nitrogens with one attached hydrogen (secondary N) is 1. The molecule has 0 radical (unpaired) electrons. The van der Waals surface area contributed by atoms with Crippen LogP contribution >= 0.6 is 0 Å². The minimum Gasteiger partial charge on any atom is -0.276 e. The first-order valence-corrected chi connectivity index (χ1v) is 8.09. The van der Waals surface area contributed by atoms with E-state index in [0.717, 1.165) is 5.56 Å². The van der Waals surface area contributed by atoms with E-state index in [0.29, 0.717) is 18.8 Å². The summed E-state index contributed by atoms with van der Waals surface area (Å²) in [7, 11) is -3.58. The molecule has 8 heteroatoms. The third-order valence-electron chi connectivity index (χ3n) is 3.05. The van der Waals surface area contributed by atoms with Crippen molar-refractivity contribution >= 4 is 21.4 Å². The molecule has 0 heterocycles. The van der Waals surface area contributed by atoms with E-state index < -0.39 is 10.0 Å². The average molecular weight is 319 g/mol. The van der Waals surface area contributed by atoms with Crippen LogP contribution in [0.5, 0.6) is 0 Å². The first-order chi connectivity index (χ1) is 10.4. The fourth-order valence-corrected chi connectivity index (χ4v) is 3.27. The third-order valence-corrected chi connectivity index (χ3v) is 5.10. The Morgan fingerprint density at radius 3 is 2.36 bits per heavy atom. The van der Waals surface area contributed by atoms with Gasteiger partial charge in [-0.05, 0) is 24.6 Å². The van der Waals surface area contributed by atoms with Gasteiger partial charge in [-0.25, -0.2) is 8.42 Å². The van der Waals surface area contributed by atoms with E-state index in [-0.39, 0.29) is 10.6 Å². The lowest BCUT2D eigenvalue weighted by Gasteiger charge is -2.19. The number of aryl methyl sites for hydroxylation is 1. The SMILES string of the molecule is CCN(CC)S(=O)(=O)c1ccc(C)c(NN=C(C#N)C#N)c1. The molecule has 22 heavy (non-hydrogen) atoms. The van der Waals surface area contributed by atoms with Gasteiger partial charge in [0.05, 0.1) is 10.6 Å². The molecule has 0 aromatic heterocycles. The summed E-state index contributed by atoms with van der Waals surface area (Å²) in [6, 6.07) is 7.86. The molecule has 116 valence electrons. The summed E-state index contributed by atoms with van der Waals surface area (Å²) in [6.45, 7) is 6.06. The molecular weight excluding hydrogens is 302 g/mol. The van der Waals surface area contributed by atoms with Gasteiger partial charge in [0.25, 0.3) is 0 Å². The highest BCUT2D eigenvalue weighted by Gasteiger charge is 2.22. The molecule has 0 atom stereocenters. The van der Waals surface area contributed by atoms with Crippen LogP contribution in [-0.4, -0.2) is 31.5 Å². The second-order valence-corrected chi connectivity index (χ2v) is 6.30. The van der Waals surface area contributed by atoms with Crippen LogP contribution in [0.4, 0.5) is 5.69 Å². The van der Waals surface area contributed by atoms with Gasteiger partial charge in [0.1, 0.15) is 12.1 Å². The highest BCUT2D eigenvalue weighted by atomic mass is 32.2. The maximum absolute atomic E-state index is 12.5. The summed E-state index contributed by atoms with van der Waals surface area (Å²) in [5, 5.41) is 20.9. The molecule has 0 spiro atoms. The minimum atomic E-state index is -3.58. The highest BCUT2D eigenvalue weighted by Crippen LogP contribution is 2.23. The number of hydrogen-bond donors (Lipinski definition) is 1. The number of rotatable bonds is 6. The lowest BCUT2D eigenvalue weighted by atomic mass is 10.2. The molecule has 1 rings (SSSR count). The summed E-state index contributed by atoms with van der Waals surface area (Å²) in [5.41, 5.74) is 3.40. The third kappa shape index (κ3) is 3.82. The molecule has 0 aliphatic carbocycles. The monoisotopic (exact) mass is 319 g/mol. The largest absolute Gasteiger partial charge is 0.276 e. The lowest BCUT2D eigenvalue weighted by molar-refractivity contribution is 0.445. The maximum atomic E-state index is 12.5. The fraction of sp³-hybridized carbons (Fsp3) is 0.357. The standard InChI is InChI=1S/C14H17N5O2S/c1-4-19(5-2)22(20,21)13-7-6-11(3)14(8-13)18-17-12(9-15)10-16/h6-8,18H,4-5H2,1-3H3. The lowest BCUT2D eigenvalue weighted by Crippen LogP contribution is -2.30. The Hall–Kier alpha value is -2.42. The first-order valence-electron chi connectivity index (χ1n) is 6.65. The van der Waals surface area contributed by atoms with Crippen molar-refractivity contribution in [2.75, 3.05) is 18.5 Å². The second-order valence-electron chi connectivity index (χ2n) is 4.36. The van der Waals surface area contributed by atoms with Gasteiger partial charge in [0.2, 0.25) is 15.7 Å². The fourth-order valence-electron chi connectivity index (χ4n) is 1.79. The molecular formula is C14H17N5O2S. The van der Waals surface area contributed by atoms with Crippen molar-refractivity contribution in [3.05, 3.63) is 23.8 Å². The number of nitrogens with zero attached hydrogens (tertiary/aromatic N) is 4. The molecule has 7 nitrogen and oxygen atoms in total. The van der Waals surface area contributed by atoms with E-state index in [2.05, 4.69) is 10.5 Å². The molecule has 1 aromatic carbocycles. The molecule has 0 fully saturated rings. The maximum Gasteiger partial charge on any atom is 0.243 e. The predicted octanol–water partition coefficient (Wildman–Crippen LogP) is 1.84. The molecule has 0 amide bonds. The van der Waals surface area contributed by atoms with Gasteiger partial charge in [-0.2, -0.15) is 19.9 Å². The number of hydrazone groups is 1. The molecule has 0 saturated heterocycles. The first kappa shape index (κ1) is 17.6. The minimum absolute atomic E-state index is 0.134. The zero-order valence-electron chi connectivity index (χ0n) is 12.7. The Labute approximate surface area is 130 Å². The number of benzene rings is 1. The van der Waals surface area contributed by atoms with Crippen LogP contribution in [-0.2, 0) is 10.0 Å². The van der Waals surface area contributed by atoms with Gasteiger partial charge in [-0.3, -0.25) is 5.43 Å². The zero-order valence-corrected chi connectivity index (χ0v) is 13.5. The smallest absolute Gasteiger partial charge is 0.243 e. The number of sulfonamides is 1. The van der Waals surface area contributed by atoms with Crippen LogP contribution in [0.2, 0.25) is 0 Å². The van der Waals surface area contributed by atoms with E-state index in [4.69, 9.17) is 10.5 Å². The predicted molar refractivity (Wildman–Crippen MR) is 83.6 cm³/mol. The number of hydrogen-bond acceptors (Lipinski definition) is 6. The molecule has 0 saturated carbocycles. The molecule has 0 aliphatic heterocycles. The van der Waals surface area contributed by atoms with Crippen molar-refractivity contribution in [1.82, 2.24) is 4.31 Å². The molecule has 0 aliphatic rings. The quantitative estimate of drug-likeness (QED) is 0.635. The molecule has 1 aromatic rings. The summed E-state index contributed by atoms with van der Waals surface area (Å²) in [5.74, 6) is 0. The number of nitriles is 2. The summed E-state index contributed by atoms with van der Waals surface area (Å²) < 4.78 is 26.3. The van der Waals surface area contributed by atoms with E-state index in [1.165, 1.54) is 16.4 Å². The second kappa shape index (κ2) is 7.55. The Morgan fingerprint density at radius 1 is 1.27 bits per heavy atom. The summed E-state index contributed by atoms with van der Waals surface area (Å²) in [6.07, 6.45) is 0. The zero-order chi connectivity index (χ0) is 16.8. The average Bonchev–Trinajstić information content (AvgIpc) is 2.50. The molecule has 1 N–H and O–H groups in total. The Morgan fingerprint density at radius 2 is 1.86 bits per heavy atom. The van der Waals surface area contributed by atoms with Crippen LogP contribution in [0.15, 0.2) is 28.2 Å². The van der Waals surface area contributed by atoms with Crippen molar-refractivity contribution in [2.45, 2.75) is 25.7 Å². The summed E-state index contributed by atoms with van der Waals surface area (Å²) in [4.78, 5) is 0.134. The van der Waals surface area contributed by atoms with Crippen LogP contribution in [0.1, 0.15) is 19.4 Å². The highest BCUT2D eigenvalue weighted by molar-refractivity contribution is 7.89. The van der Waals surface area contributed by atoms with E-state index in [9.17, 15) is 8.42 Å². The van der Waals surface area contributed by atoms with Gasteiger partial charge >= 0.3 is 0 Å². The van der Waals surface area contributed by atoms with Crippen LogP contribution < -0.4 is 5.43 Å². The van der Waals surface area contributed by atoms with Crippen molar-refractivity contribution < 1.29 is 8.42 Å². The van der Waals surface area contributed by atoms with E-state index in [1.807, 2.05) is 0 Å². The normalized spacial score (nSPS) is 10.6. The van der Waals surface area contributed by atoms with Gasteiger partial charge in [-0.15, -0.1) is 0 Å². The van der Waals surface area contributed by atoms with Crippen LogP contribution in [0, 0.1) is 29.6 Å². The van der Waals surface area contributed by atoms with Gasteiger partial charge in [-0.1, -0.05) is 19.9 Å². The van der Waals surface area contributed by atoms with Gasteiger partial charge < -0.3 is 0 Å². The van der Waals surface area contributed by atoms with E-state index in [1.54, 1.807) is 39.0 Å². The van der Waals surface area contributed by atoms with Gasteiger partial charge in [0, 0.05) is 13.1 Å². The van der Waals surface area contributed by atoms with Gasteiger partial charge in [0.15, 0.2) is 0 Å². The Bertz CT molecular complexity index is 736. The van der Waals surface area contributed by atoms with Crippen LogP contribution in [0.25, 0.3) is 0 Å². The number of anilines is 1. The summed E-state index contributed by atoms with van der Waals surface area (Å²) >= 11 is 0. The van der Waals surface area contributed by atoms with Crippen molar-refractivity contribution in [1.29, 1.82) is 10.5 Å². The van der Waals surface area contributed by atoms with Crippen molar-refractivity contribution in [2.24, 2.45) is 5.10 Å². The van der Waals surface area contributed by atoms with Crippen molar-refractivity contribution in [3.63, 3.8) is 0 Å². The topological polar surface area (TPSA) is 109 Å².